The van der Waals surface area contributed by atoms with Gasteiger partial charge in [-0.2, -0.15) is 4.31 Å². The van der Waals surface area contributed by atoms with E-state index in [1.54, 1.807) is 13.8 Å². The van der Waals surface area contributed by atoms with Gasteiger partial charge in [-0.3, -0.25) is 9.59 Å². The Bertz CT molecular complexity index is 810. The second-order valence-corrected chi connectivity index (χ2v) is 8.89. The van der Waals surface area contributed by atoms with Gasteiger partial charge >= 0.3 is 5.97 Å². The highest BCUT2D eigenvalue weighted by molar-refractivity contribution is 7.89. The van der Waals surface area contributed by atoms with Crippen LogP contribution in [-0.4, -0.2) is 62.3 Å². The minimum absolute atomic E-state index is 0.00483. The Balaban J connectivity index is 1.77. The van der Waals surface area contributed by atoms with E-state index in [1.165, 1.54) is 15.3 Å². The standard InChI is InChI=1S/C18H26N2O6S/c1-3-25-18(22)14-7-6-8-19(12-14)17(21)15-11-16(13(2)26-15)27(23,24)20-9-4-5-10-20/h11,14H,3-10,12H2,1-2H3. The van der Waals surface area contributed by atoms with E-state index >= 15 is 0 Å². The average Bonchev–Trinajstić information content (AvgIpc) is 3.32. The molecule has 1 aromatic heterocycles. The molecule has 8 nitrogen and oxygen atoms in total. The Kier molecular flexibility index (Phi) is 5.90. The van der Waals surface area contributed by atoms with Gasteiger partial charge in [0.05, 0.1) is 12.5 Å². The second-order valence-electron chi connectivity index (χ2n) is 6.98. The lowest BCUT2D eigenvalue weighted by atomic mass is 9.98. The van der Waals surface area contributed by atoms with E-state index in [2.05, 4.69) is 0 Å². The SMILES string of the molecule is CCOC(=O)C1CCCN(C(=O)c2cc(S(=O)(=O)N3CCCC3)c(C)o2)C1. The van der Waals surface area contributed by atoms with E-state index in [4.69, 9.17) is 9.15 Å². The summed E-state index contributed by atoms with van der Waals surface area (Å²) in [5.74, 6) is -0.844. The Morgan fingerprint density at radius 1 is 1.22 bits per heavy atom. The third kappa shape index (κ3) is 4.03. The molecule has 0 radical (unpaired) electrons. The lowest BCUT2D eigenvalue weighted by Gasteiger charge is -2.30. The predicted molar refractivity (Wildman–Crippen MR) is 96.7 cm³/mol. The molecule has 1 unspecified atom stereocenters. The fourth-order valence-corrected chi connectivity index (χ4v) is 5.34. The number of hydrogen-bond donors (Lipinski definition) is 0. The number of hydrogen-bond acceptors (Lipinski definition) is 6. The quantitative estimate of drug-likeness (QED) is 0.702. The number of amides is 1. The van der Waals surface area contributed by atoms with Crippen LogP contribution in [0.1, 0.15) is 48.9 Å². The maximum atomic E-state index is 12.8. The van der Waals surface area contributed by atoms with Gasteiger partial charge in [-0.25, -0.2) is 8.42 Å². The van der Waals surface area contributed by atoms with Crippen molar-refractivity contribution in [2.75, 3.05) is 32.8 Å². The molecule has 2 fully saturated rings. The molecule has 0 spiro atoms. The van der Waals surface area contributed by atoms with Gasteiger partial charge < -0.3 is 14.1 Å². The van der Waals surface area contributed by atoms with E-state index in [1.807, 2.05) is 0 Å². The maximum Gasteiger partial charge on any atom is 0.310 e. The fourth-order valence-electron chi connectivity index (χ4n) is 3.66. The van der Waals surface area contributed by atoms with Crippen LogP contribution in [0.15, 0.2) is 15.4 Å². The van der Waals surface area contributed by atoms with Crippen molar-refractivity contribution in [3.05, 3.63) is 17.6 Å². The summed E-state index contributed by atoms with van der Waals surface area (Å²) in [6, 6.07) is 1.32. The molecule has 1 amide bonds. The molecule has 9 heteroatoms. The zero-order valence-electron chi connectivity index (χ0n) is 15.8. The summed E-state index contributed by atoms with van der Waals surface area (Å²) in [5, 5.41) is 0. The van der Waals surface area contributed by atoms with Crippen LogP contribution >= 0.6 is 0 Å². The van der Waals surface area contributed by atoms with Gasteiger partial charge in [-0.05, 0) is 39.5 Å². The van der Waals surface area contributed by atoms with Gasteiger partial charge in [0.2, 0.25) is 10.0 Å². The van der Waals surface area contributed by atoms with Crippen molar-refractivity contribution in [3.8, 4) is 0 Å². The van der Waals surface area contributed by atoms with Gasteiger partial charge in [0.15, 0.2) is 5.76 Å². The van der Waals surface area contributed by atoms with Crippen molar-refractivity contribution in [1.82, 2.24) is 9.21 Å². The summed E-state index contributed by atoms with van der Waals surface area (Å²) in [6.45, 7) is 5.34. The van der Waals surface area contributed by atoms with E-state index in [0.717, 1.165) is 12.8 Å². The number of nitrogens with zero attached hydrogens (tertiary/aromatic N) is 2. The molecule has 2 aliphatic rings. The maximum absolute atomic E-state index is 12.8. The number of aryl methyl sites for hydroxylation is 1. The van der Waals surface area contributed by atoms with Gasteiger partial charge in [-0.15, -0.1) is 0 Å². The number of sulfonamides is 1. The fraction of sp³-hybridized carbons (Fsp3) is 0.667. The molecule has 0 N–H and O–H groups in total. The highest BCUT2D eigenvalue weighted by Gasteiger charge is 2.34. The zero-order chi connectivity index (χ0) is 19.6. The van der Waals surface area contributed by atoms with Gasteiger partial charge in [-0.1, -0.05) is 0 Å². The van der Waals surface area contributed by atoms with Crippen LogP contribution < -0.4 is 0 Å². The third-order valence-electron chi connectivity index (χ3n) is 5.09. The Labute approximate surface area is 159 Å². The molecule has 0 bridgehead atoms. The molecule has 1 atom stereocenters. The van der Waals surface area contributed by atoms with Gasteiger partial charge in [0.1, 0.15) is 10.7 Å². The van der Waals surface area contributed by atoms with Crippen LogP contribution in [0.3, 0.4) is 0 Å². The lowest BCUT2D eigenvalue weighted by molar-refractivity contribution is -0.149. The third-order valence-corrected chi connectivity index (χ3v) is 7.10. The topological polar surface area (TPSA) is 97.1 Å². The number of esters is 1. The Hall–Kier alpha value is -1.87. The van der Waals surface area contributed by atoms with Crippen LogP contribution in [0.25, 0.3) is 0 Å². The largest absolute Gasteiger partial charge is 0.466 e. The van der Waals surface area contributed by atoms with Crippen LogP contribution in [0.5, 0.6) is 0 Å². The number of carbonyl (C=O) groups is 2. The first-order chi connectivity index (χ1) is 12.8. The van der Waals surface area contributed by atoms with E-state index < -0.39 is 15.9 Å². The molecule has 1 aromatic rings. The van der Waals surface area contributed by atoms with Gasteiger partial charge in [0, 0.05) is 32.2 Å². The van der Waals surface area contributed by atoms with Crippen molar-refractivity contribution in [3.63, 3.8) is 0 Å². The van der Waals surface area contributed by atoms with E-state index in [0.29, 0.717) is 39.1 Å². The first kappa shape index (κ1) is 19.9. The van der Waals surface area contributed by atoms with Crippen LogP contribution in [0.4, 0.5) is 0 Å². The number of piperidine rings is 1. The second kappa shape index (κ2) is 8.02. The number of likely N-dealkylation sites (tertiary alicyclic amines) is 1. The predicted octanol–water partition coefficient (Wildman–Crippen LogP) is 1.79. The minimum atomic E-state index is -3.65. The van der Waals surface area contributed by atoms with E-state index in [9.17, 15) is 18.0 Å². The highest BCUT2D eigenvalue weighted by Crippen LogP contribution is 2.28. The van der Waals surface area contributed by atoms with Crippen molar-refractivity contribution in [2.24, 2.45) is 5.92 Å². The van der Waals surface area contributed by atoms with Crippen LogP contribution in [0, 0.1) is 12.8 Å². The number of carbonyl (C=O) groups excluding carboxylic acids is 2. The molecule has 2 aliphatic heterocycles. The normalized spacial score (nSPS) is 21.4. The molecule has 3 heterocycles. The minimum Gasteiger partial charge on any atom is -0.466 e. The summed E-state index contributed by atoms with van der Waals surface area (Å²) in [7, 11) is -3.65. The lowest BCUT2D eigenvalue weighted by Crippen LogP contribution is -2.42. The van der Waals surface area contributed by atoms with Crippen molar-refractivity contribution >= 4 is 21.9 Å². The highest BCUT2D eigenvalue weighted by atomic mass is 32.2. The summed E-state index contributed by atoms with van der Waals surface area (Å²) >= 11 is 0. The summed E-state index contributed by atoms with van der Waals surface area (Å²) < 4.78 is 37.5. The molecule has 27 heavy (non-hydrogen) atoms. The first-order valence-electron chi connectivity index (χ1n) is 9.41. The smallest absolute Gasteiger partial charge is 0.310 e. The van der Waals surface area contributed by atoms with Gasteiger partial charge in [0.25, 0.3) is 5.91 Å². The van der Waals surface area contributed by atoms with Crippen molar-refractivity contribution in [2.45, 2.75) is 44.4 Å². The van der Waals surface area contributed by atoms with E-state index in [-0.39, 0.29) is 34.8 Å². The monoisotopic (exact) mass is 398 g/mol. The zero-order valence-corrected chi connectivity index (χ0v) is 16.6. The molecule has 150 valence electrons. The molecule has 3 rings (SSSR count). The van der Waals surface area contributed by atoms with Crippen LogP contribution in [-0.2, 0) is 19.6 Å². The number of rotatable bonds is 5. The molecule has 0 aliphatic carbocycles. The number of furan rings is 1. The molecule has 2 saturated heterocycles. The Morgan fingerprint density at radius 3 is 2.59 bits per heavy atom. The molecule has 0 saturated carbocycles. The summed E-state index contributed by atoms with van der Waals surface area (Å²) in [5.41, 5.74) is 0. The molecule has 0 aromatic carbocycles. The van der Waals surface area contributed by atoms with Crippen molar-refractivity contribution < 1.29 is 27.2 Å². The Morgan fingerprint density at radius 2 is 1.93 bits per heavy atom. The van der Waals surface area contributed by atoms with Crippen molar-refractivity contribution in [1.29, 1.82) is 0 Å². The summed E-state index contributed by atoms with van der Waals surface area (Å²) in [6.07, 6.45) is 3.04. The molecular formula is C18H26N2O6S. The van der Waals surface area contributed by atoms with Crippen LogP contribution in [0.2, 0.25) is 0 Å². The first-order valence-corrected chi connectivity index (χ1v) is 10.8. The summed E-state index contributed by atoms with van der Waals surface area (Å²) in [4.78, 5) is 26.4. The molecular weight excluding hydrogens is 372 g/mol. The average molecular weight is 398 g/mol. The number of ether oxygens (including phenoxy) is 1.